The Hall–Kier alpha value is -0.170. The molecular formula is C7H18N2O3S. The average Bonchev–Trinajstić information content (AvgIpc) is 2.02. The van der Waals surface area contributed by atoms with E-state index in [2.05, 4.69) is 9.44 Å². The lowest BCUT2D eigenvalue weighted by molar-refractivity contribution is 0.213. The minimum absolute atomic E-state index is 0.0638. The molecule has 0 aliphatic heterocycles. The van der Waals surface area contributed by atoms with Crippen LogP contribution < -0.4 is 9.44 Å². The fourth-order valence-corrected chi connectivity index (χ4v) is 1.48. The third-order valence-corrected chi connectivity index (χ3v) is 2.86. The molecule has 5 nitrogen and oxygen atoms in total. The van der Waals surface area contributed by atoms with Crippen LogP contribution in [0.2, 0.25) is 0 Å². The molecular weight excluding hydrogens is 192 g/mol. The Balaban J connectivity index is 4.01. The van der Waals surface area contributed by atoms with Crippen LogP contribution in [0.4, 0.5) is 0 Å². The lowest BCUT2D eigenvalue weighted by atomic mass is 9.90. The number of hydrogen-bond acceptors (Lipinski definition) is 3. The molecule has 0 aromatic heterocycles. The van der Waals surface area contributed by atoms with Crippen molar-refractivity contribution in [1.82, 2.24) is 9.44 Å². The summed E-state index contributed by atoms with van der Waals surface area (Å²) in [4.78, 5) is 0. The van der Waals surface area contributed by atoms with E-state index in [1.54, 1.807) is 0 Å². The fourth-order valence-electron chi connectivity index (χ4n) is 0.754. The van der Waals surface area contributed by atoms with Crippen molar-refractivity contribution >= 4 is 10.2 Å². The van der Waals surface area contributed by atoms with Gasteiger partial charge in [0, 0.05) is 20.2 Å². The molecule has 80 valence electrons. The van der Waals surface area contributed by atoms with E-state index in [0.717, 1.165) is 0 Å². The van der Waals surface area contributed by atoms with Crippen molar-refractivity contribution in [3.8, 4) is 0 Å². The molecule has 0 aliphatic rings. The summed E-state index contributed by atoms with van der Waals surface area (Å²) in [7, 11) is -2.00. The predicted octanol–water partition coefficient (Wildman–Crippen LogP) is -0.551. The van der Waals surface area contributed by atoms with Gasteiger partial charge in [0.2, 0.25) is 0 Å². The third-order valence-electron chi connectivity index (χ3n) is 1.80. The van der Waals surface area contributed by atoms with Crippen LogP contribution in [0.1, 0.15) is 20.3 Å². The van der Waals surface area contributed by atoms with Gasteiger partial charge >= 0.3 is 0 Å². The van der Waals surface area contributed by atoms with Crippen LogP contribution in [0.15, 0.2) is 0 Å². The highest BCUT2D eigenvalue weighted by molar-refractivity contribution is 7.87. The zero-order valence-corrected chi connectivity index (χ0v) is 9.11. The van der Waals surface area contributed by atoms with Gasteiger partial charge in [-0.3, -0.25) is 0 Å². The highest BCUT2D eigenvalue weighted by atomic mass is 32.2. The molecule has 6 heteroatoms. The summed E-state index contributed by atoms with van der Waals surface area (Å²) in [5, 5.41) is 8.70. The van der Waals surface area contributed by atoms with E-state index in [-0.39, 0.29) is 12.0 Å². The van der Waals surface area contributed by atoms with Crippen molar-refractivity contribution in [2.24, 2.45) is 5.41 Å². The molecule has 0 rings (SSSR count). The van der Waals surface area contributed by atoms with Crippen molar-refractivity contribution < 1.29 is 13.5 Å². The second-order valence-corrected chi connectivity index (χ2v) is 5.37. The van der Waals surface area contributed by atoms with E-state index >= 15 is 0 Å². The molecule has 0 aromatic rings. The molecule has 0 bridgehead atoms. The van der Waals surface area contributed by atoms with Crippen molar-refractivity contribution in [2.45, 2.75) is 20.3 Å². The highest BCUT2D eigenvalue weighted by Crippen LogP contribution is 2.17. The lowest BCUT2D eigenvalue weighted by Gasteiger charge is -2.23. The van der Waals surface area contributed by atoms with Gasteiger partial charge < -0.3 is 5.11 Å². The van der Waals surface area contributed by atoms with Crippen LogP contribution in [0.3, 0.4) is 0 Å². The Morgan fingerprint density at radius 1 is 1.38 bits per heavy atom. The van der Waals surface area contributed by atoms with E-state index in [0.29, 0.717) is 13.0 Å². The van der Waals surface area contributed by atoms with Gasteiger partial charge in [-0.25, -0.2) is 9.44 Å². The number of aliphatic hydroxyl groups excluding tert-OH is 1. The highest BCUT2D eigenvalue weighted by Gasteiger charge is 2.19. The van der Waals surface area contributed by atoms with E-state index < -0.39 is 10.2 Å². The van der Waals surface area contributed by atoms with Gasteiger partial charge in [-0.2, -0.15) is 8.42 Å². The molecule has 13 heavy (non-hydrogen) atoms. The van der Waals surface area contributed by atoms with Gasteiger partial charge in [0.1, 0.15) is 0 Å². The largest absolute Gasteiger partial charge is 0.396 e. The van der Waals surface area contributed by atoms with Crippen LogP contribution in [0.5, 0.6) is 0 Å². The Labute approximate surface area is 79.7 Å². The second-order valence-electron chi connectivity index (χ2n) is 3.67. The second kappa shape index (κ2) is 4.90. The molecule has 0 atom stereocenters. The first-order chi connectivity index (χ1) is 5.83. The molecule has 3 N–H and O–H groups in total. The first-order valence-electron chi connectivity index (χ1n) is 4.12. The molecule has 0 radical (unpaired) electrons. The molecule has 0 spiro atoms. The SMILES string of the molecule is CNS(=O)(=O)NCC(C)(C)CCO. The van der Waals surface area contributed by atoms with Gasteiger partial charge in [-0.1, -0.05) is 13.8 Å². The summed E-state index contributed by atoms with van der Waals surface area (Å²) in [6.07, 6.45) is 0.569. The van der Waals surface area contributed by atoms with Gasteiger partial charge in [-0.05, 0) is 11.8 Å². The van der Waals surface area contributed by atoms with E-state index in [4.69, 9.17) is 5.11 Å². The first-order valence-corrected chi connectivity index (χ1v) is 5.60. The molecule has 0 amide bonds. The van der Waals surface area contributed by atoms with Crippen LogP contribution in [-0.2, 0) is 10.2 Å². The number of rotatable bonds is 6. The maximum Gasteiger partial charge on any atom is 0.276 e. The van der Waals surface area contributed by atoms with Crippen LogP contribution in [-0.4, -0.2) is 33.7 Å². The molecule has 0 saturated heterocycles. The molecule has 0 unspecified atom stereocenters. The van der Waals surface area contributed by atoms with Crippen LogP contribution in [0.25, 0.3) is 0 Å². The minimum atomic E-state index is -3.35. The molecule has 0 aromatic carbocycles. The van der Waals surface area contributed by atoms with Crippen molar-refractivity contribution in [2.75, 3.05) is 20.2 Å². The maximum atomic E-state index is 11.0. The summed E-state index contributed by atoms with van der Waals surface area (Å²) in [6.45, 7) is 4.16. The van der Waals surface area contributed by atoms with E-state index in [9.17, 15) is 8.42 Å². The Kier molecular flexibility index (Phi) is 4.83. The Bertz CT molecular complexity index is 236. The fraction of sp³-hybridized carbons (Fsp3) is 1.00. The normalized spacial score (nSPS) is 13.2. The number of aliphatic hydroxyl groups is 1. The number of nitrogens with one attached hydrogen (secondary N) is 2. The lowest BCUT2D eigenvalue weighted by Crippen LogP contribution is -2.40. The Morgan fingerprint density at radius 2 is 1.92 bits per heavy atom. The summed E-state index contributed by atoms with van der Waals surface area (Å²) in [6, 6.07) is 0. The third kappa shape index (κ3) is 5.98. The topological polar surface area (TPSA) is 78.4 Å². The van der Waals surface area contributed by atoms with Gasteiger partial charge in [0.05, 0.1) is 0 Å². The zero-order valence-electron chi connectivity index (χ0n) is 8.29. The van der Waals surface area contributed by atoms with Crippen molar-refractivity contribution in [1.29, 1.82) is 0 Å². The summed E-state index contributed by atoms with van der Waals surface area (Å²) < 4.78 is 26.5. The van der Waals surface area contributed by atoms with Crippen molar-refractivity contribution in [3.05, 3.63) is 0 Å². The average molecular weight is 210 g/mol. The van der Waals surface area contributed by atoms with Crippen LogP contribution in [0, 0.1) is 5.41 Å². The van der Waals surface area contributed by atoms with Gasteiger partial charge in [0.25, 0.3) is 10.2 Å². The van der Waals surface area contributed by atoms with E-state index in [1.165, 1.54) is 7.05 Å². The predicted molar refractivity (Wildman–Crippen MR) is 51.5 cm³/mol. The summed E-state index contributed by atoms with van der Waals surface area (Å²) in [5.74, 6) is 0. The molecule has 0 fully saturated rings. The standard InChI is InChI=1S/C7H18N2O3S/c1-7(2,4-5-10)6-9-13(11,12)8-3/h8-10H,4-6H2,1-3H3. The maximum absolute atomic E-state index is 11.0. The Morgan fingerprint density at radius 3 is 2.31 bits per heavy atom. The monoisotopic (exact) mass is 210 g/mol. The molecule has 0 aliphatic carbocycles. The van der Waals surface area contributed by atoms with Gasteiger partial charge in [-0.15, -0.1) is 0 Å². The summed E-state index contributed by atoms with van der Waals surface area (Å²) >= 11 is 0. The van der Waals surface area contributed by atoms with Crippen molar-refractivity contribution in [3.63, 3.8) is 0 Å². The zero-order chi connectivity index (χ0) is 10.5. The molecule has 0 saturated carbocycles. The quantitative estimate of drug-likeness (QED) is 0.550. The minimum Gasteiger partial charge on any atom is -0.396 e. The summed E-state index contributed by atoms with van der Waals surface area (Å²) in [5.41, 5.74) is -0.224. The van der Waals surface area contributed by atoms with Crippen LogP contribution >= 0.6 is 0 Å². The van der Waals surface area contributed by atoms with Gasteiger partial charge in [0.15, 0.2) is 0 Å². The smallest absolute Gasteiger partial charge is 0.276 e. The first kappa shape index (κ1) is 12.8. The van der Waals surface area contributed by atoms with E-state index in [1.807, 2.05) is 13.8 Å². The number of hydrogen-bond donors (Lipinski definition) is 3. The molecule has 0 heterocycles.